The van der Waals surface area contributed by atoms with E-state index < -0.39 is 6.04 Å². The molecule has 0 aliphatic rings. The Kier molecular flexibility index (Phi) is 7.98. The van der Waals surface area contributed by atoms with E-state index in [1.165, 1.54) is 6.92 Å². The number of amides is 2. The van der Waals surface area contributed by atoms with E-state index in [1.807, 2.05) is 20.8 Å². The molecule has 0 aliphatic carbocycles. The molecule has 0 bridgehead atoms. The van der Waals surface area contributed by atoms with Crippen LogP contribution in [0.3, 0.4) is 0 Å². The summed E-state index contributed by atoms with van der Waals surface area (Å²) < 4.78 is 0. The van der Waals surface area contributed by atoms with Gasteiger partial charge >= 0.3 is 0 Å². The predicted octanol–water partition coefficient (Wildman–Crippen LogP) is -0.0402. The van der Waals surface area contributed by atoms with Gasteiger partial charge < -0.3 is 21.2 Å². The SMILES string of the molecule is CC(=O)CCC(C)NC(=O)CNC(=O)C(N)C(C)C. The minimum absolute atomic E-state index is 0.0255. The van der Waals surface area contributed by atoms with Gasteiger partial charge in [0.15, 0.2) is 0 Å². The molecule has 0 radical (unpaired) electrons. The summed E-state index contributed by atoms with van der Waals surface area (Å²) in [5, 5.41) is 5.20. The average Bonchev–Trinajstić information content (AvgIpc) is 2.32. The second-order valence-electron chi connectivity index (χ2n) is 5.20. The lowest BCUT2D eigenvalue weighted by Crippen LogP contribution is -2.48. The minimum atomic E-state index is -0.608. The highest BCUT2D eigenvalue weighted by Crippen LogP contribution is 1.98. The van der Waals surface area contributed by atoms with Crippen molar-refractivity contribution in [1.29, 1.82) is 0 Å². The van der Waals surface area contributed by atoms with E-state index in [9.17, 15) is 14.4 Å². The third kappa shape index (κ3) is 8.31. The summed E-state index contributed by atoms with van der Waals surface area (Å²) in [5.74, 6) is -0.489. The van der Waals surface area contributed by atoms with Crippen molar-refractivity contribution in [3.05, 3.63) is 0 Å². The van der Waals surface area contributed by atoms with Crippen LogP contribution >= 0.6 is 0 Å². The fraction of sp³-hybridized carbons (Fsp3) is 0.769. The Labute approximate surface area is 114 Å². The van der Waals surface area contributed by atoms with Crippen LogP contribution in [-0.4, -0.2) is 36.2 Å². The number of hydrogen-bond acceptors (Lipinski definition) is 4. The predicted molar refractivity (Wildman–Crippen MR) is 73.3 cm³/mol. The third-order valence-electron chi connectivity index (χ3n) is 2.78. The molecule has 0 spiro atoms. The highest BCUT2D eigenvalue weighted by molar-refractivity contribution is 5.87. The molecule has 19 heavy (non-hydrogen) atoms. The summed E-state index contributed by atoms with van der Waals surface area (Å²) in [6.07, 6.45) is 1.03. The molecule has 0 rings (SSSR count). The first kappa shape index (κ1) is 17.6. The van der Waals surface area contributed by atoms with E-state index in [2.05, 4.69) is 10.6 Å². The number of Topliss-reactive ketones (excluding diaryl/α,β-unsaturated/α-hetero) is 1. The van der Waals surface area contributed by atoms with Crippen molar-refractivity contribution in [3.8, 4) is 0 Å². The number of hydrogen-bond donors (Lipinski definition) is 3. The van der Waals surface area contributed by atoms with Crippen molar-refractivity contribution < 1.29 is 14.4 Å². The molecule has 6 heteroatoms. The summed E-state index contributed by atoms with van der Waals surface area (Å²) in [5.41, 5.74) is 5.65. The number of nitrogens with two attached hydrogens (primary N) is 1. The van der Waals surface area contributed by atoms with Crippen LogP contribution in [0, 0.1) is 5.92 Å². The molecule has 0 fully saturated rings. The van der Waals surface area contributed by atoms with Crippen molar-refractivity contribution >= 4 is 17.6 Å². The number of carbonyl (C=O) groups excluding carboxylic acids is 3. The summed E-state index contributed by atoms with van der Waals surface area (Å²) in [6, 6.07) is -0.699. The Hall–Kier alpha value is -1.43. The highest BCUT2D eigenvalue weighted by atomic mass is 16.2. The van der Waals surface area contributed by atoms with Crippen molar-refractivity contribution in [2.45, 2.75) is 52.6 Å². The zero-order chi connectivity index (χ0) is 15.0. The van der Waals surface area contributed by atoms with Crippen LogP contribution in [0.1, 0.15) is 40.5 Å². The Balaban J connectivity index is 3.92. The first-order valence-electron chi connectivity index (χ1n) is 6.56. The molecule has 0 saturated heterocycles. The van der Waals surface area contributed by atoms with Gasteiger partial charge in [-0.25, -0.2) is 0 Å². The van der Waals surface area contributed by atoms with Crippen LogP contribution in [0.2, 0.25) is 0 Å². The van der Waals surface area contributed by atoms with Gasteiger partial charge in [0.05, 0.1) is 12.6 Å². The molecule has 110 valence electrons. The van der Waals surface area contributed by atoms with Crippen molar-refractivity contribution in [2.75, 3.05) is 6.54 Å². The zero-order valence-corrected chi connectivity index (χ0v) is 12.2. The van der Waals surface area contributed by atoms with Gasteiger partial charge in [-0.3, -0.25) is 9.59 Å². The van der Waals surface area contributed by atoms with Gasteiger partial charge in [-0.05, 0) is 26.2 Å². The molecule has 4 N–H and O–H groups in total. The van der Waals surface area contributed by atoms with Crippen LogP contribution in [0.15, 0.2) is 0 Å². The highest BCUT2D eigenvalue weighted by Gasteiger charge is 2.17. The fourth-order valence-corrected chi connectivity index (χ4v) is 1.41. The van der Waals surface area contributed by atoms with Crippen LogP contribution in [0.4, 0.5) is 0 Å². The van der Waals surface area contributed by atoms with Crippen LogP contribution in [0.5, 0.6) is 0 Å². The Morgan fingerprint density at radius 3 is 2.21 bits per heavy atom. The summed E-state index contributed by atoms with van der Waals surface area (Å²) >= 11 is 0. The normalized spacial score (nSPS) is 13.8. The summed E-state index contributed by atoms with van der Waals surface area (Å²) in [7, 11) is 0. The van der Waals surface area contributed by atoms with Crippen molar-refractivity contribution in [1.82, 2.24) is 10.6 Å². The Morgan fingerprint density at radius 2 is 1.74 bits per heavy atom. The Morgan fingerprint density at radius 1 is 1.16 bits per heavy atom. The molecule has 2 amide bonds. The fourth-order valence-electron chi connectivity index (χ4n) is 1.41. The lowest BCUT2D eigenvalue weighted by molar-refractivity contribution is -0.127. The molecule has 0 heterocycles. The maximum Gasteiger partial charge on any atom is 0.239 e. The van der Waals surface area contributed by atoms with Crippen molar-refractivity contribution in [2.24, 2.45) is 11.7 Å². The molecule has 0 aromatic rings. The van der Waals surface area contributed by atoms with Gasteiger partial charge in [-0.2, -0.15) is 0 Å². The largest absolute Gasteiger partial charge is 0.352 e. The molecule has 2 unspecified atom stereocenters. The lowest BCUT2D eigenvalue weighted by atomic mass is 10.1. The van der Waals surface area contributed by atoms with Gasteiger partial charge in [0.25, 0.3) is 0 Å². The standard InChI is InChI=1S/C13H25N3O3/c1-8(2)12(14)13(19)15-7-11(18)16-9(3)5-6-10(4)17/h8-9,12H,5-7,14H2,1-4H3,(H,15,19)(H,16,18). The smallest absolute Gasteiger partial charge is 0.239 e. The molecule has 0 saturated carbocycles. The third-order valence-corrected chi connectivity index (χ3v) is 2.78. The van der Waals surface area contributed by atoms with Gasteiger partial charge in [0.1, 0.15) is 5.78 Å². The van der Waals surface area contributed by atoms with E-state index in [1.54, 1.807) is 0 Å². The molecule has 2 atom stereocenters. The Bertz CT molecular complexity index is 329. The monoisotopic (exact) mass is 271 g/mol. The minimum Gasteiger partial charge on any atom is -0.352 e. The number of rotatable bonds is 8. The molecular formula is C13H25N3O3. The lowest BCUT2D eigenvalue weighted by Gasteiger charge is -2.16. The van der Waals surface area contributed by atoms with Crippen LogP contribution < -0.4 is 16.4 Å². The van der Waals surface area contributed by atoms with E-state index in [-0.39, 0.29) is 36.1 Å². The first-order chi connectivity index (χ1) is 8.73. The molecule has 0 aromatic heterocycles. The van der Waals surface area contributed by atoms with Crippen LogP contribution in [-0.2, 0) is 14.4 Å². The average molecular weight is 271 g/mol. The van der Waals surface area contributed by atoms with Gasteiger partial charge in [0.2, 0.25) is 11.8 Å². The maximum atomic E-state index is 11.5. The van der Waals surface area contributed by atoms with Crippen molar-refractivity contribution in [3.63, 3.8) is 0 Å². The number of carbonyl (C=O) groups is 3. The molecular weight excluding hydrogens is 246 g/mol. The van der Waals surface area contributed by atoms with E-state index in [0.29, 0.717) is 12.8 Å². The van der Waals surface area contributed by atoms with E-state index in [4.69, 9.17) is 5.73 Å². The first-order valence-corrected chi connectivity index (χ1v) is 6.56. The maximum absolute atomic E-state index is 11.5. The summed E-state index contributed by atoms with van der Waals surface area (Å²) in [4.78, 5) is 33.9. The van der Waals surface area contributed by atoms with Gasteiger partial charge in [-0.15, -0.1) is 0 Å². The second-order valence-corrected chi connectivity index (χ2v) is 5.20. The summed E-state index contributed by atoms with van der Waals surface area (Å²) in [6.45, 7) is 6.93. The number of nitrogens with one attached hydrogen (secondary N) is 2. The molecule has 0 aromatic carbocycles. The quantitative estimate of drug-likeness (QED) is 0.576. The topological polar surface area (TPSA) is 101 Å². The van der Waals surface area contributed by atoms with E-state index in [0.717, 1.165) is 0 Å². The molecule has 6 nitrogen and oxygen atoms in total. The second kappa shape index (κ2) is 8.63. The van der Waals surface area contributed by atoms with E-state index >= 15 is 0 Å². The van der Waals surface area contributed by atoms with Gasteiger partial charge in [-0.1, -0.05) is 13.8 Å². The van der Waals surface area contributed by atoms with Gasteiger partial charge in [0, 0.05) is 12.5 Å². The zero-order valence-electron chi connectivity index (χ0n) is 12.2. The van der Waals surface area contributed by atoms with Crippen LogP contribution in [0.25, 0.3) is 0 Å². The molecule has 0 aliphatic heterocycles. The number of ketones is 1.